The molecule has 0 aromatic carbocycles. The second kappa shape index (κ2) is 3.70. The van der Waals surface area contributed by atoms with Crippen LogP contribution in [-0.2, 0) is 0 Å². The van der Waals surface area contributed by atoms with Crippen molar-refractivity contribution in [3.63, 3.8) is 0 Å². The van der Waals surface area contributed by atoms with Gasteiger partial charge in [-0.3, -0.25) is 0 Å². The highest BCUT2D eigenvalue weighted by Crippen LogP contribution is 2.04. The molecule has 9 heavy (non-hydrogen) atoms. The van der Waals surface area contributed by atoms with E-state index in [4.69, 9.17) is 5.73 Å². The van der Waals surface area contributed by atoms with Crippen molar-refractivity contribution < 1.29 is 0 Å². The molecule has 0 unspecified atom stereocenters. The van der Waals surface area contributed by atoms with Crippen molar-refractivity contribution in [1.82, 2.24) is 0 Å². The van der Waals surface area contributed by atoms with Gasteiger partial charge in [-0.1, -0.05) is 25.9 Å². The standard InChI is InChI=1S/C7H15NSi/c1-4-9(2,3)7-5-6-8/h4,6,8H2,1-3H3. The molecule has 2 N–H and O–H groups in total. The first-order valence-electron chi connectivity index (χ1n) is 3.32. The zero-order valence-electron chi connectivity index (χ0n) is 6.49. The molecule has 1 nitrogen and oxygen atoms in total. The van der Waals surface area contributed by atoms with E-state index in [1.165, 1.54) is 6.04 Å². The molecule has 0 aliphatic rings. The van der Waals surface area contributed by atoms with Crippen LogP contribution < -0.4 is 5.73 Å². The normalized spacial score (nSPS) is 10.2. The van der Waals surface area contributed by atoms with Crippen LogP contribution in [0.1, 0.15) is 6.92 Å². The van der Waals surface area contributed by atoms with E-state index >= 15 is 0 Å². The quantitative estimate of drug-likeness (QED) is 0.431. The van der Waals surface area contributed by atoms with Crippen LogP contribution in [0.15, 0.2) is 0 Å². The SMILES string of the molecule is CC[Si](C)(C)C#CCN. The summed E-state index contributed by atoms with van der Waals surface area (Å²) in [6, 6.07) is 1.22. The van der Waals surface area contributed by atoms with Gasteiger partial charge in [-0.25, -0.2) is 0 Å². The number of hydrogen-bond donors (Lipinski definition) is 1. The van der Waals surface area contributed by atoms with Crippen LogP contribution in [0.25, 0.3) is 0 Å². The van der Waals surface area contributed by atoms with Crippen molar-refractivity contribution in [2.24, 2.45) is 5.73 Å². The summed E-state index contributed by atoms with van der Waals surface area (Å²) in [7, 11) is -1.14. The van der Waals surface area contributed by atoms with E-state index in [0.717, 1.165) is 0 Å². The maximum absolute atomic E-state index is 5.24. The van der Waals surface area contributed by atoms with Crippen LogP contribution in [0.3, 0.4) is 0 Å². The van der Waals surface area contributed by atoms with Gasteiger partial charge in [0.15, 0.2) is 0 Å². The van der Waals surface area contributed by atoms with E-state index in [-0.39, 0.29) is 0 Å². The molecule has 0 aliphatic heterocycles. The van der Waals surface area contributed by atoms with E-state index < -0.39 is 8.07 Å². The third-order valence-corrected chi connectivity index (χ3v) is 4.03. The van der Waals surface area contributed by atoms with E-state index in [2.05, 4.69) is 31.5 Å². The van der Waals surface area contributed by atoms with E-state index in [9.17, 15) is 0 Å². The molecule has 0 aromatic heterocycles. The largest absolute Gasteiger partial charge is 0.320 e. The lowest BCUT2D eigenvalue weighted by Crippen LogP contribution is -2.21. The Bertz CT molecular complexity index is 130. The summed E-state index contributed by atoms with van der Waals surface area (Å²) >= 11 is 0. The Morgan fingerprint density at radius 2 is 2.00 bits per heavy atom. The van der Waals surface area contributed by atoms with Gasteiger partial charge in [0.05, 0.1) is 6.54 Å². The molecule has 0 heterocycles. The second-order valence-electron chi connectivity index (χ2n) is 2.74. The Kier molecular flexibility index (Phi) is 3.60. The second-order valence-corrected chi connectivity index (χ2v) is 7.47. The molecule has 0 aromatic rings. The van der Waals surface area contributed by atoms with Gasteiger partial charge in [0.1, 0.15) is 8.07 Å². The predicted molar refractivity (Wildman–Crippen MR) is 44.8 cm³/mol. The van der Waals surface area contributed by atoms with Crippen molar-refractivity contribution in [2.45, 2.75) is 26.1 Å². The Labute approximate surface area is 58.6 Å². The zero-order chi connectivity index (χ0) is 7.33. The summed E-state index contributed by atoms with van der Waals surface area (Å²) in [6.07, 6.45) is 0. The average Bonchev–Trinajstić information content (AvgIpc) is 1.84. The van der Waals surface area contributed by atoms with Crippen LogP contribution in [-0.4, -0.2) is 14.6 Å². The Hall–Kier alpha value is -0.263. The summed E-state index contributed by atoms with van der Waals surface area (Å²) in [5.74, 6) is 2.93. The molecule has 0 fully saturated rings. The first-order chi connectivity index (χ1) is 4.12. The van der Waals surface area contributed by atoms with Crippen LogP contribution in [0.4, 0.5) is 0 Å². The minimum absolute atomic E-state index is 0.510. The minimum Gasteiger partial charge on any atom is -0.320 e. The summed E-state index contributed by atoms with van der Waals surface area (Å²) in [4.78, 5) is 0. The molecule has 52 valence electrons. The molecule has 0 saturated carbocycles. The molecule has 2 heteroatoms. The number of rotatable bonds is 1. The van der Waals surface area contributed by atoms with Crippen LogP contribution in [0, 0.1) is 11.5 Å². The summed E-state index contributed by atoms with van der Waals surface area (Å²) < 4.78 is 0. The minimum atomic E-state index is -1.14. The van der Waals surface area contributed by atoms with Gasteiger partial charge >= 0.3 is 0 Å². The third-order valence-electron chi connectivity index (χ3n) is 1.41. The Morgan fingerprint density at radius 1 is 1.44 bits per heavy atom. The summed E-state index contributed by atoms with van der Waals surface area (Å²) in [5, 5.41) is 0. The van der Waals surface area contributed by atoms with Gasteiger partial charge in [-0.05, 0) is 6.04 Å². The lowest BCUT2D eigenvalue weighted by atomic mass is 10.7. The van der Waals surface area contributed by atoms with Crippen LogP contribution >= 0.6 is 0 Å². The zero-order valence-corrected chi connectivity index (χ0v) is 7.49. The fraction of sp³-hybridized carbons (Fsp3) is 0.714. The Morgan fingerprint density at radius 3 is 2.33 bits per heavy atom. The van der Waals surface area contributed by atoms with Gasteiger partial charge < -0.3 is 5.73 Å². The fourth-order valence-corrected chi connectivity index (χ4v) is 1.14. The van der Waals surface area contributed by atoms with Crippen molar-refractivity contribution in [3.8, 4) is 11.5 Å². The van der Waals surface area contributed by atoms with Gasteiger partial charge in [-0.2, -0.15) is 0 Å². The van der Waals surface area contributed by atoms with E-state index in [0.29, 0.717) is 6.54 Å². The van der Waals surface area contributed by atoms with Crippen molar-refractivity contribution in [3.05, 3.63) is 0 Å². The molecule has 0 saturated heterocycles. The van der Waals surface area contributed by atoms with Crippen molar-refractivity contribution in [2.75, 3.05) is 6.54 Å². The predicted octanol–water partition coefficient (Wildman–Crippen LogP) is 1.22. The lowest BCUT2D eigenvalue weighted by Gasteiger charge is -2.09. The molecule has 0 atom stereocenters. The van der Waals surface area contributed by atoms with Gasteiger partial charge in [-0.15, -0.1) is 5.54 Å². The topological polar surface area (TPSA) is 26.0 Å². The molecule has 0 amide bonds. The highest BCUT2D eigenvalue weighted by molar-refractivity contribution is 6.85. The van der Waals surface area contributed by atoms with Gasteiger partial charge in [0.25, 0.3) is 0 Å². The highest BCUT2D eigenvalue weighted by Gasteiger charge is 2.12. The maximum atomic E-state index is 5.24. The molecule has 0 aliphatic carbocycles. The van der Waals surface area contributed by atoms with E-state index in [1.54, 1.807) is 0 Å². The first kappa shape index (κ1) is 8.74. The first-order valence-corrected chi connectivity index (χ1v) is 6.53. The van der Waals surface area contributed by atoms with Crippen molar-refractivity contribution >= 4 is 8.07 Å². The molecule has 0 radical (unpaired) electrons. The maximum Gasteiger partial charge on any atom is 0.132 e. The molecular formula is C7H15NSi. The Balaban J connectivity index is 3.84. The molecule has 0 bridgehead atoms. The number of nitrogens with two attached hydrogens (primary N) is 1. The van der Waals surface area contributed by atoms with Crippen LogP contribution in [0.5, 0.6) is 0 Å². The smallest absolute Gasteiger partial charge is 0.132 e. The average molecular weight is 141 g/mol. The van der Waals surface area contributed by atoms with Gasteiger partial charge in [0, 0.05) is 0 Å². The number of hydrogen-bond acceptors (Lipinski definition) is 1. The van der Waals surface area contributed by atoms with Crippen LogP contribution in [0.2, 0.25) is 19.1 Å². The van der Waals surface area contributed by atoms with Gasteiger partial charge in [0.2, 0.25) is 0 Å². The monoisotopic (exact) mass is 141 g/mol. The molecule has 0 spiro atoms. The summed E-state index contributed by atoms with van der Waals surface area (Å²) in [5.41, 5.74) is 8.46. The van der Waals surface area contributed by atoms with E-state index in [1.807, 2.05) is 0 Å². The summed E-state index contributed by atoms with van der Waals surface area (Å²) in [6.45, 7) is 7.22. The lowest BCUT2D eigenvalue weighted by molar-refractivity contribution is 1.30. The molecular weight excluding hydrogens is 126 g/mol. The third kappa shape index (κ3) is 4.25. The molecule has 0 rings (SSSR count). The van der Waals surface area contributed by atoms with Crippen molar-refractivity contribution in [1.29, 1.82) is 0 Å². The fourth-order valence-electron chi connectivity index (χ4n) is 0.379. The highest BCUT2D eigenvalue weighted by atomic mass is 28.3.